The van der Waals surface area contributed by atoms with Gasteiger partial charge >= 0.3 is 5.97 Å². The van der Waals surface area contributed by atoms with Crippen molar-refractivity contribution in [2.75, 3.05) is 13.2 Å². The minimum Gasteiger partial charge on any atom is -0.465 e. The molecule has 0 saturated carbocycles. The first-order valence-corrected chi connectivity index (χ1v) is 5.34. The average molecular weight is 255 g/mol. The fraction of sp³-hybridized carbons (Fsp3) is 0.364. The molecule has 0 bridgehead atoms. The Morgan fingerprint density at radius 3 is 2.89 bits per heavy atom. The molecular weight excluding hydrogens is 242 g/mol. The molecule has 7 nitrogen and oxygen atoms in total. The third-order valence-electron chi connectivity index (χ3n) is 1.91. The van der Waals surface area contributed by atoms with Gasteiger partial charge < -0.3 is 14.0 Å². The monoisotopic (exact) mass is 255 g/mol. The Morgan fingerprint density at radius 2 is 2.22 bits per heavy atom. The largest absolute Gasteiger partial charge is 0.465 e. The van der Waals surface area contributed by atoms with E-state index in [1.54, 1.807) is 12.1 Å². The summed E-state index contributed by atoms with van der Waals surface area (Å²) in [6.07, 6.45) is 5.22. The third kappa shape index (κ3) is 6.31. The lowest BCUT2D eigenvalue weighted by Gasteiger charge is -2.01. The zero-order valence-electron chi connectivity index (χ0n) is 9.61. The summed E-state index contributed by atoms with van der Waals surface area (Å²) in [7, 11) is 0. The smallest absolute Gasteiger partial charge is 0.330 e. The number of rotatable bonds is 8. The van der Waals surface area contributed by atoms with Gasteiger partial charge in [0.25, 0.3) is 5.09 Å². The van der Waals surface area contributed by atoms with Crippen LogP contribution in [0.25, 0.3) is 6.08 Å². The van der Waals surface area contributed by atoms with Gasteiger partial charge in [0, 0.05) is 6.08 Å². The van der Waals surface area contributed by atoms with Gasteiger partial charge in [0.1, 0.15) is 5.76 Å². The van der Waals surface area contributed by atoms with E-state index in [2.05, 4.69) is 4.84 Å². The normalized spacial score (nSPS) is 10.4. The maximum atomic E-state index is 11.2. The Labute approximate surface area is 103 Å². The standard InChI is InChI=1S/C11H13NO6/c13-11(6-5-10-4-3-8-16-10)17-7-1-2-9-18-12(14)15/h3-6,8H,1-2,7,9H2. The highest BCUT2D eigenvalue weighted by Gasteiger charge is 1.99. The molecule has 1 aromatic rings. The molecule has 0 radical (unpaired) electrons. The predicted molar refractivity (Wildman–Crippen MR) is 60.9 cm³/mol. The molecule has 98 valence electrons. The zero-order chi connectivity index (χ0) is 13.2. The van der Waals surface area contributed by atoms with Gasteiger partial charge in [-0.25, -0.2) is 4.79 Å². The zero-order valence-corrected chi connectivity index (χ0v) is 9.61. The maximum Gasteiger partial charge on any atom is 0.330 e. The number of carbonyl (C=O) groups excluding carboxylic acids is 1. The highest BCUT2D eigenvalue weighted by Crippen LogP contribution is 2.02. The second-order valence-corrected chi connectivity index (χ2v) is 3.28. The van der Waals surface area contributed by atoms with Crippen LogP contribution in [0, 0.1) is 10.1 Å². The van der Waals surface area contributed by atoms with Crippen molar-refractivity contribution < 1.29 is 23.9 Å². The van der Waals surface area contributed by atoms with Crippen molar-refractivity contribution in [1.29, 1.82) is 0 Å². The first kappa shape index (κ1) is 13.8. The van der Waals surface area contributed by atoms with Gasteiger partial charge in [-0.2, -0.15) is 0 Å². The number of nitrogens with zero attached hydrogens (tertiary/aromatic N) is 1. The number of ether oxygens (including phenoxy) is 1. The van der Waals surface area contributed by atoms with Gasteiger partial charge in [0.2, 0.25) is 0 Å². The second kappa shape index (κ2) is 7.88. The maximum absolute atomic E-state index is 11.2. The fourth-order valence-electron chi connectivity index (χ4n) is 1.10. The highest BCUT2D eigenvalue weighted by molar-refractivity contribution is 5.86. The predicted octanol–water partition coefficient (Wildman–Crippen LogP) is 1.82. The Bertz CT molecular complexity index is 398. The molecule has 7 heteroatoms. The summed E-state index contributed by atoms with van der Waals surface area (Å²) in [5.41, 5.74) is 0. The summed E-state index contributed by atoms with van der Waals surface area (Å²) in [5, 5.41) is 8.97. The van der Waals surface area contributed by atoms with E-state index in [-0.39, 0.29) is 13.2 Å². The van der Waals surface area contributed by atoms with Crippen LogP contribution in [0.4, 0.5) is 0 Å². The Morgan fingerprint density at radius 1 is 1.44 bits per heavy atom. The summed E-state index contributed by atoms with van der Waals surface area (Å²) in [4.78, 5) is 25.1. The highest BCUT2D eigenvalue weighted by atomic mass is 16.9. The Balaban J connectivity index is 2.05. The summed E-state index contributed by atoms with van der Waals surface area (Å²) in [6.45, 7) is 0.204. The molecular formula is C11H13NO6. The van der Waals surface area contributed by atoms with Crippen molar-refractivity contribution in [1.82, 2.24) is 0 Å². The van der Waals surface area contributed by atoms with E-state index < -0.39 is 11.1 Å². The van der Waals surface area contributed by atoms with Gasteiger partial charge in [-0.1, -0.05) is 0 Å². The first-order chi connectivity index (χ1) is 8.68. The van der Waals surface area contributed by atoms with Crippen molar-refractivity contribution in [2.45, 2.75) is 12.8 Å². The number of esters is 1. The number of hydrogen-bond donors (Lipinski definition) is 0. The molecule has 0 N–H and O–H groups in total. The van der Waals surface area contributed by atoms with E-state index in [4.69, 9.17) is 9.15 Å². The van der Waals surface area contributed by atoms with Gasteiger partial charge in [0.05, 0.1) is 19.5 Å². The van der Waals surface area contributed by atoms with Crippen molar-refractivity contribution in [3.63, 3.8) is 0 Å². The Hall–Kier alpha value is -2.31. The quantitative estimate of drug-likeness (QED) is 0.231. The number of unbranched alkanes of at least 4 members (excludes halogenated alkanes) is 1. The van der Waals surface area contributed by atoms with Crippen LogP contribution in [0.3, 0.4) is 0 Å². The molecule has 0 unspecified atom stereocenters. The minimum absolute atomic E-state index is 0.00673. The van der Waals surface area contributed by atoms with Gasteiger partial charge in [-0.15, -0.1) is 10.1 Å². The topological polar surface area (TPSA) is 91.8 Å². The molecule has 0 aromatic carbocycles. The van der Waals surface area contributed by atoms with Gasteiger partial charge in [0.15, 0.2) is 0 Å². The van der Waals surface area contributed by atoms with E-state index in [1.165, 1.54) is 18.4 Å². The van der Waals surface area contributed by atoms with Crippen molar-refractivity contribution in [2.24, 2.45) is 0 Å². The minimum atomic E-state index is -0.849. The van der Waals surface area contributed by atoms with Crippen molar-refractivity contribution >= 4 is 12.0 Å². The second-order valence-electron chi connectivity index (χ2n) is 3.28. The van der Waals surface area contributed by atoms with E-state index >= 15 is 0 Å². The summed E-state index contributed by atoms with van der Waals surface area (Å²) in [5.74, 6) is 0.0768. The molecule has 0 saturated heterocycles. The lowest BCUT2D eigenvalue weighted by atomic mass is 10.3. The van der Waals surface area contributed by atoms with Crippen LogP contribution >= 0.6 is 0 Å². The molecule has 0 spiro atoms. The molecule has 0 aliphatic rings. The number of carbonyl (C=O) groups is 1. The van der Waals surface area contributed by atoms with E-state index in [9.17, 15) is 14.9 Å². The lowest BCUT2D eigenvalue weighted by molar-refractivity contribution is -0.757. The molecule has 0 atom stereocenters. The van der Waals surface area contributed by atoms with E-state index in [0.717, 1.165) is 0 Å². The van der Waals surface area contributed by atoms with Crippen molar-refractivity contribution in [3.8, 4) is 0 Å². The van der Waals surface area contributed by atoms with E-state index in [0.29, 0.717) is 18.6 Å². The van der Waals surface area contributed by atoms with Crippen LogP contribution in [0.1, 0.15) is 18.6 Å². The first-order valence-electron chi connectivity index (χ1n) is 5.34. The molecule has 18 heavy (non-hydrogen) atoms. The van der Waals surface area contributed by atoms with Crippen LogP contribution < -0.4 is 0 Å². The molecule has 0 fully saturated rings. The van der Waals surface area contributed by atoms with Crippen LogP contribution in [0.15, 0.2) is 28.9 Å². The van der Waals surface area contributed by atoms with Gasteiger partial charge in [-0.05, 0) is 31.1 Å². The summed E-state index contributed by atoms with van der Waals surface area (Å²) in [6, 6.07) is 3.42. The molecule has 1 aromatic heterocycles. The molecule has 0 aliphatic carbocycles. The molecule has 0 amide bonds. The Kier molecular flexibility index (Phi) is 6.02. The summed E-state index contributed by atoms with van der Waals surface area (Å²) < 4.78 is 9.84. The van der Waals surface area contributed by atoms with Crippen LogP contribution in [-0.2, 0) is 14.4 Å². The fourth-order valence-corrected chi connectivity index (χ4v) is 1.10. The SMILES string of the molecule is O=C(C=Cc1ccco1)OCCCCO[N+](=O)[O-]. The van der Waals surface area contributed by atoms with Crippen molar-refractivity contribution in [3.05, 3.63) is 40.3 Å². The molecule has 1 rings (SSSR count). The molecule has 1 heterocycles. The van der Waals surface area contributed by atoms with Crippen LogP contribution in [-0.4, -0.2) is 24.3 Å². The van der Waals surface area contributed by atoms with Crippen LogP contribution in [0.5, 0.6) is 0 Å². The third-order valence-corrected chi connectivity index (χ3v) is 1.91. The van der Waals surface area contributed by atoms with Crippen LogP contribution in [0.2, 0.25) is 0 Å². The van der Waals surface area contributed by atoms with E-state index in [1.807, 2.05) is 0 Å². The average Bonchev–Trinajstić information content (AvgIpc) is 2.83. The lowest BCUT2D eigenvalue weighted by Crippen LogP contribution is -2.05. The molecule has 0 aliphatic heterocycles. The number of hydrogen-bond acceptors (Lipinski definition) is 6. The number of furan rings is 1. The van der Waals surface area contributed by atoms with Gasteiger partial charge in [-0.3, -0.25) is 0 Å². The summed E-state index contributed by atoms with van der Waals surface area (Å²) >= 11 is 0.